The van der Waals surface area contributed by atoms with Gasteiger partial charge in [-0.1, -0.05) is 32.6 Å². The molecule has 0 aromatic carbocycles. The van der Waals surface area contributed by atoms with Crippen molar-refractivity contribution in [3.05, 3.63) is 0 Å². The molecule has 20 heavy (non-hydrogen) atoms. The third-order valence-electron chi connectivity index (χ3n) is 3.37. The lowest BCUT2D eigenvalue weighted by Gasteiger charge is -2.28. The van der Waals surface area contributed by atoms with Crippen molar-refractivity contribution < 1.29 is 19.1 Å². The van der Waals surface area contributed by atoms with Crippen LogP contribution in [0.25, 0.3) is 0 Å². The lowest BCUT2D eigenvalue weighted by Crippen LogP contribution is -2.43. The van der Waals surface area contributed by atoms with Crippen LogP contribution in [-0.4, -0.2) is 56.0 Å². The molecule has 1 atom stereocenters. The van der Waals surface area contributed by atoms with Gasteiger partial charge in [0.25, 0.3) is 0 Å². The summed E-state index contributed by atoms with van der Waals surface area (Å²) in [5.41, 5.74) is -0.454. The van der Waals surface area contributed by atoms with E-state index in [0.717, 1.165) is 19.3 Å². The number of unbranched alkanes of at least 4 members (excludes halogenated alkanes) is 3. The Labute approximate surface area is 124 Å². The van der Waals surface area contributed by atoms with Gasteiger partial charge in [-0.05, 0) is 20.3 Å². The van der Waals surface area contributed by atoms with Crippen LogP contribution in [0.3, 0.4) is 0 Å². The third-order valence-corrected chi connectivity index (χ3v) is 3.37. The second kappa shape index (κ2) is 8.63. The molecule has 0 aromatic heterocycles. The van der Waals surface area contributed by atoms with Crippen molar-refractivity contribution in [3.63, 3.8) is 0 Å². The van der Waals surface area contributed by atoms with Crippen LogP contribution < -0.4 is 0 Å². The van der Waals surface area contributed by atoms with E-state index in [1.165, 1.54) is 12.8 Å². The van der Waals surface area contributed by atoms with E-state index in [-0.39, 0.29) is 12.6 Å². The zero-order chi connectivity index (χ0) is 15.8. The quantitative estimate of drug-likeness (QED) is 0.382. The normalized spacial score (nSPS) is 14.2. The smallest absolute Gasteiger partial charge is 0.311 e. The number of carbonyl (C=O) groups excluding carboxylic acids is 1. The Morgan fingerprint density at radius 2 is 1.80 bits per heavy atom. The minimum atomic E-state index is -0.602. The molecule has 0 fully saturated rings. The second-order valence-electron chi connectivity index (χ2n) is 7.42. The molecule has 0 aliphatic rings. The fraction of sp³-hybridized carbons (Fsp3) is 0.938. The zero-order valence-corrected chi connectivity index (χ0v) is 14.2. The van der Waals surface area contributed by atoms with Gasteiger partial charge in [-0.15, -0.1) is 0 Å². The monoisotopic (exact) mass is 288 g/mol. The summed E-state index contributed by atoms with van der Waals surface area (Å²) in [5.74, 6) is -0.200. The standard InChI is InChI=1S/C16H34NO3/c1-7-8-9-10-11-16(2,3)15(19)20-13-14(18)12-17(4,5)6/h14,18H,7-13H2,1-6H3/q+1. The van der Waals surface area contributed by atoms with Crippen molar-refractivity contribution in [2.75, 3.05) is 34.3 Å². The van der Waals surface area contributed by atoms with Gasteiger partial charge in [-0.3, -0.25) is 4.79 Å². The van der Waals surface area contributed by atoms with E-state index in [0.29, 0.717) is 11.0 Å². The average molecular weight is 288 g/mol. The molecule has 0 bridgehead atoms. The molecule has 0 aromatic rings. The van der Waals surface area contributed by atoms with Crippen LogP contribution in [0.4, 0.5) is 0 Å². The molecular formula is C16H34NO3+. The number of quaternary nitrogens is 1. The van der Waals surface area contributed by atoms with Crippen molar-refractivity contribution >= 4 is 5.97 Å². The number of hydrogen-bond donors (Lipinski definition) is 1. The number of hydrogen-bond acceptors (Lipinski definition) is 3. The van der Waals surface area contributed by atoms with E-state index in [1.54, 1.807) is 0 Å². The SMILES string of the molecule is CCCCCCC(C)(C)C(=O)OCC(O)C[N+](C)(C)C. The molecule has 0 saturated heterocycles. The van der Waals surface area contributed by atoms with Crippen LogP contribution in [0.2, 0.25) is 0 Å². The third kappa shape index (κ3) is 9.32. The molecule has 0 radical (unpaired) electrons. The Hall–Kier alpha value is -0.610. The summed E-state index contributed by atoms with van der Waals surface area (Å²) < 4.78 is 5.92. The number of aliphatic hydroxyl groups is 1. The minimum absolute atomic E-state index is 0.0900. The van der Waals surface area contributed by atoms with Gasteiger partial charge < -0.3 is 14.3 Å². The van der Waals surface area contributed by atoms with Gasteiger partial charge in [0, 0.05) is 0 Å². The maximum atomic E-state index is 12.1. The Morgan fingerprint density at radius 1 is 1.20 bits per heavy atom. The van der Waals surface area contributed by atoms with Gasteiger partial charge >= 0.3 is 5.97 Å². The molecule has 4 heteroatoms. The highest BCUT2D eigenvalue weighted by molar-refractivity contribution is 5.75. The summed E-state index contributed by atoms with van der Waals surface area (Å²) in [5, 5.41) is 9.85. The number of ether oxygens (including phenoxy) is 1. The molecule has 120 valence electrons. The highest BCUT2D eigenvalue weighted by atomic mass is 16.5. The van der Waals surface area contributed by atoms with Crippen molar-refractivity contribution in [3.8, 4) is 0 Å². The maximum Gasteiger partial charge on any atom is 0.311 e. The van der Waals surface area contributed by atoms with E-state index in [1.807, 2.05) is 35.0 Å². The van der Waals surface area contributed by atoms with E-state index >= 15 is 0 Å². The van der Waals surface area contributed by atoms with Crippen LogP contribution in [0, 0.1) is 5.41 Å². The van der Waals surface area contributed by atoms with Crippen LogP contribution in [0.15, 0.2) is 0 Å². The summed E-state index contributed by atoms with van der Waals surface area (Å²) in [4.78, 5) is 12.1. The number of carbonyl (C=O) groups is 1. The Morgan fingerprint density at radius 3 is 2.30 bits per heavy atom. The molecule has 0 saturated carbocycles. The molecule has 1 N–H and O–H groups in total. The molecule has 1 unspecified atom stereocenters. The summed E-state index contributed by atoms with van der Waals surface area (Å²) in [6.45, 7) is 6.69. The Bertz CT molecular complexity index is 282. The molecule has 0 rings (SSSR count). The molecule has 0 heterocycles. The summed E-state index contributed by atoms with van der Waals surface area (Å²) in [6.07, 6.45) is 4.87. The number of rotatable bonds is 10. The van der Waals surface area contributed by atoms with E-state index in [4.69, 9.17) is 4.74 Å². The van der Waals surface area contributed by atoms with E-state index < -0.39 is 11.5 Å². The minimum Gasteiger partial charge on any atom is -0.462 e. The molecular weight excluding hydrogens is 254 g/mol. The fourth-order valence-electron chi connectivity index (χ4n) is 2.15. The van der Waals surface area contributed by atoms with Gasteiger partial charge in [0.05, 0.1) is 26.6 Å². The van der Waals surface area contributed by atoms with Crippen LogP contribution in [0.5, 0.6) is 0 Å². The van der Waals surface area contributed by atoms with Crippen molar-refractivity contribution in [2.45, 2.75) is 59.0 Å². The first-order valence-corrected chi connectivity index (χ1v) is 7.74. The lowest BCUT2D eigenvalue weighted by atomic mass is 9.87. The van der Waals surface area contributed by atoms with Crippen molar-refractivity contribution in [1.29, 1.82) is 0 Å². The molecule has 0 aliphatic heterocycles. The Balaban J connectivity index is 4.05. The predicted octanol–water partition coefficient (Wildman–Crippen LogP) is 2.59. The summed E-state index contributed by atoms with van der Waals surface area (Å²) >= 11 is 0. The Kier molecular flexibility index (Phi) is 8.36. The van der Waals surface area contributed by atoms with Crippen LogP contribution >= 0.6 is 0 Å². The number of likely N-dealkylation sites (N-methyl/N-ethyl adjacent to an activating group) is 1. The van der Waals surface area contributed by atoms with E-state index in [2.05, 4.69) is 6.92 Å². The molecule has 0 amide bonds. The number of nitrogens with zero attached hydrogens (tertiary/aromatic N) is 1. The first-order valence-electron chi connectivity index (χ1n) is 7.74. The fourth-order valence-corrected chi connectivity index (χ4v) is 2.15. The average Bonchev–Trinajstić information content (AvgIpc) is 2.29. The highest BCUT2D eigenvalue weighted by Crippen LogP contribution is 2.25. The molecule has 0 spiro atoms. The number of aliphatic hydroxyl groups excluding tert-OH is 1. The lowest BCUT2D eigenvalue weighted by molar-refractivity contribution is -0.873. The highest BCUT2D eigenvalue weighted by Gasteiger charge is 2.29. The molecule has 4 nitrogen and oxygen atoms in total. The van der Waals surface area contributed by atoms with Crippen molar-refractivity contribution in [1.82, 2.24) is 0 Å². The van der Waals surface area contributed by atoms with Gasteiger partial charge in [0.2, 0.25) is 0 Å². The van der Waals surface area contributed by atoms with E-state index in [9.17, 15) is 9.90 Å². The number of esters is 1. The topological polar surface area (TPSA) is 46.5 Å². The van der Waals surface area contributed by atoms with Crippen molar-refractivity contribution in [2.24, 2.45) is 5.41 Å². The maximum absolute atomic E-state index is 12.1. The van der Waals surface area contributed by atoms with Gasteiger partial charge in [-0.2, -0.15) is 0 Å². The largest absolute Gasteiger partial charge is 0.462 e. The van der Waals surface area contributed by atoms with Gasteiger partial charge in [0.1, 0.15) is 19.3 Å². The first-order chi connectivity index (χ1) is 9.08. The summed E-state index contributed by atoms with van der Waals surface area (Å²) in [6, 6.07) is 0. The second-order valence-corrected chi connectivity index (χ2v) is 7.42. The van der Waals surface area contributed by atoms with Crippen LogP contribution in [-0.2, 0) is 9.53 Å². The van der Waals surface area contributed by atoms with Gasteiger partial charge in [0.15, 0.2) is 0 Å². The summed E-state index contributed by atoms with van der Waals surface area (Å²) in [7, 11) is 6.01. The zero-order valence-electron chi connectivity index (χ0n) is 14.2. The van der Waals surface area contributed by atoms with Gasteiger partial charge in [-0.25, -0.2) is 0 Å². The molecule has 0 aliphatic carbocycles. The predicted molar refractivity (Wildman–Crippen MR) is 82.4 cm³/mol. The first kappa shape index (κ1) is 19.4. The van der Waals surface area contributed by atoms with Crippen LogP contribution in [0.1, 0.15) is 52.9 Å².